The van der Waals surface area contributed by atoms with Gasteiger partial charge in [-0.3, -0.25) is 0 Å². The zero-order valence-corrected chi connectivity index (χ0v) is 9.41. The summed E-state index contributed by atoms with van der Waals surface area (Å²) in [6.45, 7) is 0. The van der Waals surface area contributed by atoms with E-state index >= 15 is 0 Å². The molecule has 0 spiro atoms. The van der Waals surface area contributed by atoms with Crippen molar-refractivity contribution in [2.75, 3.05) is 0 Å². The summed E-state index contributed by atoms with van der Waals surface area (Å²) in [5, 5.41) is 1.25. The average molecular weight is 230 g/mol. The highest BCUT2D eigenvalue weighted by atomic mass is 35.5. The van der Waals surface area contributed by atoms with Crippen molar-refractivity contribution in [1.82, 2.24) is 0 Å². The van der Waals surface area contributed by atoms with Gasteiger partial charge in [0.2, 0.25) is 0 Å². The van der Waals surface area contributed by atoms with Gasteiger partial charge in [0.05, 0.1) is 10.0 Å². The first-order chi connectivity index (χ1) is 6.59. The van der Waals surface area contributed by atoms with Crippen molar-refractivity contribution in [2.45, 2.75) is 31.2 Å². The van der Waals surface area contributed by atoms with Gasteiger partial charge in [-0.1, -0.05) is 29.3 Å². The molecule has 0 amide bonds. The second-order valence-electron chi connectivity index (χ2n) is 4.11. The van der Waals surface area contributed by atoms with Gasteiger partial charge in [-0.2, -0.15) is 0 Å². The van der Waals surface area contributed by atoms with Crippen molar-refractivity contribution in [3.8, 4) is 0 Å². The number of hydrogen-bond acceptors (Lipinski definition) is 1. The molecule has 0 atom stereocenters. The van der Waals surface area contributed by atoms with Crippen LogP contribution >= 0.6 is 23.2 Å². The third-order valence-corrected chi connectivity index (χ3v) is 3.53. The van der Waals surface area contributed by atoms with Crippen LogP contribution < -0.4 is 5.73 Å². The second-order valence-corrected chi connectivity index (χ2v) is 4.93. The minimum atomic E-state index is 0.117. The molecule has 76 valence electrons. The molecule has 0 aromatic heterocycles. The smallest absolute Gasteiger partial charge is 0.0595 e. The highest BCUT2D eigenvalue weighted by Crippen LogP contribution is 2.36. The summed E-state index contributed by atoms with van der Waals surface area (Å²) in [6, 6.07) is 5.78. The Kier molecular flexibility index (Phi) is 2.74. The molecule has 0 bridgehead atoms. The van der Waals surface area contributed by atoms with E-state index in [1.807, 2.05) is 18.2 Å². The van der Waals surface area contributed by atoms with E-state index in [0.717, 1.165) is 25.7 Å². The summed E-state index contributed by atoms with van der Waals surface area (Å²) in [4.78, 5) is 0. The third-order valence-electron chi connectivity index (χ3n) is 2.79. The highest BCUT2D eigenvalue weighted by molar-refractivity contribution is 6.42. The van der Waals surface area contributed by atoms with Crippen LogP contribution in [0.3, 0.4) is 0 Å². The first-order valence-corrected chi connectivity index (χ1v) is 5.57. The van der Waals surface area contributed by atoms with E-state index in [0.29, 0.717) is 10.0 Å². The predicted molar refractivity (Wildman–Crippen MR) is 60.9 cm³/mol. The monoisotopic (exact) mass is 229 g/mol. The molecule has 1 aliphatic carbocycles. The molecule has 0 unspecified atom stereocenters. The van der Waals surface area contributed by atoms with Gasteiger partial charge >= 0.3 is 0 Å². The zero-order chi connectivity index (χ0) is 10.2. The van der Waals surface area contributed by atoms with Gasteiger partial charge in [-0.05, 0) is 43.4 Å². The number of nitrogens with two attached hydrogens (primary N) is 1. The number of aryl methyl sites for hydroxylation is 1. The van der Waals surface area contributed by atoms with E-state index in [4.69, 9.17) is 28.9 Å². The Morgan fingerprint density at radius 1 is 1.21 bits per heavy atom. The topological polar surface area (TPSA) is 26.0 Å². The molecule has 3 heteroatoms. The Bertz CT molecular complexity index is 345. The molecule has 1 saturated carbocycles. The molecule has 2 N–H and O–H groups in total. The minimum Gasteiger partial charge on any atom is -0.325 e. The Hall–Kier alpha value is -0.240. The second kappa shape index (κ2) is 3.73. The van der Waals surface area contributed by atoms with E-state index in [9.17, 15) is 0 Å². The minimum absolute atomic E-state index is 0.117. The summed E-state index contributed by atoms with van der Waals surface area (Å²) in [5.41, 5.74) is 7.34. The summed E-state index contributed by atoms with van der Waals surface area (Å²) in [7, 11) is 0. The van der Waals surface area contributed by atoms with Crippen LogP contribution in [0.4, 0.5) is 0 Å². The highest BCUT2D eigenvalue weighted by Gasteiger charge is 2.37. The first-order valence-electron chi connectivity index (χ1n) is 4.82. The Balaban J connectivity index is 1.99. The molecule has 1 nitrogen and oxygen atoms in total. The number of halogens is 2. The molecule has 0 heterocycles. The molecule has 0 aliphatic heterocycles. The van der Waals surface area contributed by atoms with Crippen LogP contribution in [0.1, 0.15) is 24.8 Å². The van der Waals surface area contributed by atoms with Gasteiger partial charge < -0.3 is 5.73 Å². The third kappa shape index (κ3) is 2.41. The van der Waals surface area contributed by atoms with Crippen LogP contribution in [0.2, 0.25) is 10.0 Å². The van der Waals surface area contributed by atoms with Gasteiger partial charge in [-0.15, -0.1) is 0 Å². The maximum Gasteiger partial charge on any atom is 0.0595 e. The SMILES string of the molecule is NC1(CCc2ccc(Cl)c(Cl)c2)CC1. The zero-order valence-electron chi connectivity index (χ0n) is 7.89. The number of hydrogen-bond donors (Lipinski definition) is 1. The summed E-state index contributed by atoms with van der Waals surface area (Å²) in [6.07, 6.45) is 4.36. The first kappa shape index (κ1) is 10.3. The van der Waals surface area contributed by atoms with Crippen LogP contribution in [0.5, 0.6) is 0 Å². The molecule has 2 rings (SSSR count). The summed E-state index contributed by atoms with van der Waals surface area (Å²) < 4.78 is 0. The van der Waals surface area contributed by atoms with E-state index in [-0.39, 0.29) is 5.54 Å². The molecule has 0 radical (unpaired) electrons. The van der Waals surface area contributed by atoms with Gasteiger partial charge in [0.15, 0.2) is 0 Å². The molecule has 1 aliphatic rings. The van der Waals surface area contributed by atoms with Gasteiger partial charge in [0, 0.05) is 5.54 Å². The van der Waals surface area contributed by atoms with Gasteiger partial charge in [0.1, 0.15) is 0 Å². The van der Waals surface area contributed by atoms with Crippen LogP contribution in [-0.4, -0.2) is 5.54 Å². The van der Waals surface area contributed by atoms with E-state index in [2.05, 4.69) is 0 Å². The van der Waals surface area contributed by atoms with Crippen LogP contribution in [0.25, 0.3) is 0 Å². The Labute approximate surface area is 94.2 Å². The maximum absolute atomic E-state index is 6.00. The van der Waals surface area contributed by atoms with Gasteiger partial charge in [0.25, 0.3) is 0 Å². The fraction of sp³-hybridized carbons (Fsp3) is 0.455. The summed E-state index contributed by atoms with van der Waals surface area (Å²) in [5.74, 6) is 0. The molecule has 14 heavy (non-hydrogen) atoms. The lowest BCUT2D eigenvalue weighted by molar-refractivity contribution is 0.609. The lowest BCUT2D eigenvalue weighted by Gasteiger charge is -2.08. The standard InChI is InChI=1S/C11H13Cl2N/c12-9-2-1-8(7-10(9)13)3-4-11(14)5-6-11/h1-2,7H,3-6,14H2. The Morgan fingerprint density at radius 3 is 2.50 bits per heavy atom. The van der Waals surface area contributed by atoms with Crippen LogP contribution in [0, 0.1) is 0 Å². The largest absolute Gasteiger partial charge is 0.325 e. The fourth-order valence-corrected chi connectivity index (χ4v) is 1.82. The van der Waals surface area contributed by atoms with Crippen molar-refractivity contribution in [1.29, 1.82) is 0 Å². The molecule has 1 aromatic carbocycles. The quantitative estimate of drug-likeness (QED) is 0.845. The van der Waals surface area contributed by atoms with E-state index < -0.39 is 0 Å². The number of rotatable bonds is 3. The maximum atomic E-state index is 6.00. The van der Waals surface area contributed by atoms with Crippen LogP contribution in [0.15, 0.2) is 18.2 Å². The lowest BCUT2D eigenvalue weighted by Crippen LogP contribution is -2.22. The fourth-order valence-electron chi connectivity index (χ4n) is 1.50. The van der Waals surface area contributed by atoms with E-state index in [1.165, 1.54) is 5.56 Å². The number of benzene rings is 1. The van der Waals surface area contributed by atoms with Crippen molar-refractivity contribution in [3.63, 3.8) is 0 Å². The van der Waals surface area contributed by atoms with Crippen LogP contribution in [-0.2, 0) is 6.42 Å². The molecule has 1 fully saturated rings. The van der Waals surface area contributed by atoms with Crippen molar-refractivity contribution in [3.05, 3.63) is 33.8 Å². The Morgan fingerprint density at radius 2 is 1.93 bits per heavy atom. The average Bonchev–Trinajstić information content (AvgIpc) is 2.87. The normalized spacial score (nSPS) is 18.2. The van der Waals surface area contributed by atoms with Crippen molar-refractivity contribution < 1.29 is 0 Å². The lowest BCUT2D eigenvalue weighted by atomic mass is 10.0. The predicted octanol–water partition coefficient (Wildman–Crippen LogP) is 3.42. The summed E-state index contributed by atoms with van der Waals surface area (Å²) >= 11 is 11.7. The molecule has 1 aromatic rings. The molecular formula is C11H13Cl2N. The van der Waals surface area contributed by atoms with Crippen molar-refractivity contribution in [2.24, 2.45) is 5.73 Å². The molecular weight excluding hydrogens is 217 g/mol. The molecule has 0 saturated heterocycles. The van der Waals surface area contributed by atoms with Crippen molar-refractivity contribution >= 4 is 23.2 Å². The van der Waals surface area contributed by atoms with Gasteiger partial charge in [-0.25, -0.2) is 0 Å². The van der Waals surface area contributed by atoms with E-state index in [1.54, 1.807) is 0 Å².